The summed E-state index contributed by atoms with van der Waals surface area (Å²) in [5.74, 6) is 2.10. The molecule has 0 fully saturated rings. The molecule has 2 heterocycles. The van der Waals surface area contributed by atoms with Crippen molar-refractivity contribution in [3.8, 4) is 17.1 Å². The minimum Gasteiger partial charge on any atom is -0.497 e. The van der Waals surface area contributed by atoms with E-state index < -0.39 is 0 Å². The molecule has 0 atom stereocenters. The molecule has 0 amide bonds. The number of benzene rings is 1. The number of hydrogen-bond donors (Lipinski definition) is 2. The number of ether oxygens (including phenoxy) is 1. The van der Waals surface area contributed by atoms with Crippen LogP contribution < -0.4 is 16.2 Å². The van der Waals surface area contributed by atoms with Gasteiger partial charge in [-0.25, -0.2) is 4.98 Å². The zero-order chi connectivity index (χ0) is 15.5. The predicted molar refractivity (Wildman–Crippen MR) is 84.4 cm³/mol. The normalized spacial score (nSPS) is 10.6. The fraction of sp³-hybridized carbons (Fsp3) is 0.125. The Morgan fingerprint density at radius 2 is 1.86 bits per heavy atom. The predicted octanol–water partition coefficient (Wildman–Crippen LogP) is 2.50. The fourth-order valence-electron chi connectivity index (χ4n) is 2.17. The summed E-state index contributed by atoms with van der Waals surface area (Å²) in [4.78, 5) is 4.02. The maximum absolute atomic E-state index is 5.85. The van der Waals surface area contributed by atoms with E-state index in [-0.39, 0.29) is 0 Å². The molecule has 0 unspecified atom stereocenters. The van der Waals surface area contributed by atoms with Crippen molar-refractivity contribution in [2.24, 2.45) is 0 Å². The van der Waals surface area contributed by atoms with E-state index in [9.17, 15) is 0 Å². The quantitative estimate of drug-likeness (QED) is 0.767. The van der Waals surface area contributed by atoms with Crippen molar-refractivity contribution >= 4 is 11.6 Å². The molecule has 22 heavy (non-hydrogen) atoms. The van der Waals surface area contributed by atoms with Gasteiger partial charge in [0.25, 0.3) is 0 Å². The van der Waals surface area contributed by atoms with Gasteiger partial charge in [0.1, 0.15) is 17.4 Å². The van der Waals surface area contributed by atoms with Crippen molar-refractivity contribution in [1.29, 1.82) is 0 Å². The van der Waals surface area contributed by atoms with Gasteiger partial charge in [0, 0.05) is 12.5 Å². The molecule has 0 saturated carbocycles. The molecule has 0 radical (unpaired) electrons. The SMILES string of the molecule is COc1ccc(Cc2cc(-c3ccc(N)nc3N)on2)cc1. The van der Waals surface area contributed by atoms with Crippen LogP contribution in [0.2, 0.25) is 0 Å². The van der Waals surface area contributed by atoms with E-state index in [4.69, 9.17) is 20.7 Å². The van der Waals surface area contributed by atoms with Crippen molar-refractivity contribution in [3.63, 3.8) is 0 Å². The van der Waals surface area contributed by atoms with Gasteiger partial charge >= 0.3 is 0 Å². The second-order valence-corrected chi connectivity index (χ2v) is 4.88. The van der Waals surface area contributed by atoms with Gasteiger partial charge in [-0.15, -0.1) is 0 Å². The summed E-state index contributed by atoms with van der Waals surface area (Å²) >= 11 is 0. The van der Waals surface area contributed by atoms with Gasteiger partial charge in [-0.3, -0.25) is 0 Å². The molecule has 0 aliphatic rings. The minimum absolute atomic E-state index is 0.326. The Morgan fingerprint density at radius 3 is 2.55 bits per heavy atom. The van der Waals surface area contributed by atoms with Crippen LogP contribution in [0, 0.1) is 0 Å². The van der Waals surface area contributed by atoms with Gasteiger partial charge in [-0.05, 0) is 29.8 Å². The Hall–Kier alpha value is -3.02. The van der Waals surface area contributed by atoms with Crippen LogP contribution in [0.25, 0.3) is 11.3 Å². The number of methoxy groups -OCH3 is 1. The second kappa shape index (κ2) is 5.77. The van der Waals surface area contributed by atoms with Crippen LogP contribution in [-0.4, -0.2) is 17.3 Å². The third kappa shape index (κ3) is 2.85. The molecule has 3 rings (SSSR count). The third-order valence-corrected chi connectivity index (χ3v) is 3.31. The fourth-order valence-corrected chi connectivity index (χ4v) is 2.17. The Balaban J connectivity index is 1.81. The number of anilines is 2. The molecule has 6 heteroatoms. The first-order valence-electron chi connectivity index (χ1n) is 6.76. The van der Waals surface area contributed by atoms with E-state index in [0.717, 1.165) is 17.0 Å². The molecule has 6 nitrogen and oxygen atoms in total. The number of nitrogen functional groups attached to an aromatic ring is 2. The topological polar surface area (TPSA) is 100 Å². The van der Waals surface area contributed by atoms with Crippen molar-refractivity contribution in [3.05, 3.63) is 53.7 Å². The molecule has 0 bridgehead atoms. The lowest BCUT2D eigenvalue weighted by Crippen LogP contribution is -1.97. The van der Waals surface area contributed by atoms with Gasteiger partial charge in [-0.2, -0.15) is 0 Å². The maximum Gasteiger partial charge on any atom is 0.170 e. The number of hydrogen-bond acceptors (Lipinski definition) is 6. The summed E-state index contributed by atoms with van der Waals surface area (Å²) in [5.41, 5.74) is 14.1. The largest absolute Gasteiger partial charge is 0.497 e. The summed E-state index contributed by atoms with van der Waals surface area (Å²) in [6.45, 7) is 0. The van der Waals surface area contributed by atoms with Crippen LogP contribution in [-0.2, 0) is 6.42 Å². The van der Waals surface area contributed by atoms with Gasteiger partial charge in [0.05, 0.1) is 18.4 Å². The smallest absolute Gasteiger partial charge is 0.170 e. The van der Waals surface area contributed by atoms with Crippen LogP contribution in [0.4, 0.5) is 11.6 Å². The first kappa shape index (κ1) is 13.9. The van der Waals surface area contributed by atoms with Gasteiger partial charge in [0.15, 0.2) is 5.76 Å². The van der Waals surface area contributed by atoms with E-state index in [1.54, 1.807) is 19.2 Å². The molecular weight excluding hydrogens is 280 g/mol. The second-order valence-electron chi connectivity index (χ2n) is 4.88. The third-order valence-electron chi connectivity index (χ3n) is 3.31. The molecule has 0 saturated heterocycles. The summed E-state index contributed by atoms with van der Waals surface area (Å²) in [6, 6.07) is 13.1. The molecule has 4 N–H and O–H groups in total. The number of rotatable bonds is 4. The average Bonchev–Trinajstić information content (AvgIpc) is 2.96. The number of pyridine rings is 1. The highest BCUT2D eigenvalue weighted by Crippen LogP contribution is 2.26. The van der Waals surface area contributed by atoms with Crippen molar-refractivity contribution in [2.45, 2.75) is 6.42 Å². The minimum atomic E-state index is 0.326. The summed E-state index contributed by atoms with van der Waals surface area (Å²) in [6.07, 6.45) is 0.663. The van der Waals surface area contributed by atoms with Gasteiger partial charge < -0.3 is 20.7 Å². The Labute approximate surface area is 127 Å². The lowest BCUT2D eigenvalue weighted by molar-refractivity contribution is 0.414. The van der Waals surface area contributed by atoms with Crippen molar-refractivity contribution < 1.29 is 9.26 Å². The lowest BCUT2D eigenvalue weighted by atomic mass is 10.1. The summed E-state index contributed by atoms with van der Waals surface area (Å²) < 4.78 is 10.5. The highest BCUT2D eigenvalue weighted by atomic mass is 16.5. The van der Waals surface area contributed by atoms with Crippen LogP contribution >= 0.6 is 0 Å². The van der Waals surface area contributed by atoms with E-state index in [1.807, 2.05) is 30.3 Å². The first-order chi connectivity index (χ1) is 10.7. The number of nitrogens with two attached hydrogens (primary N) is 2. The first-order valence-corrected chi connectivity index (χ1v) is 6.76. The van der Waals surface area contributed by atoms with Crippen LogP contribution in [0.15, 0.2) is 47.0 Å². The van der Waals surface area contributed by atoms with Crippen LogP contribution in [0.5, 0.6) is 5.75 Å². The van der Waals surface area contributed by atoms with E-state index >= 15 is 0 Å². The monoisotopic (exact) mass is 296 g/mol. The average molecular weight is 296 g/mol. The Bertz CT molecular complexity index is 781. The van der Waals surface area contributed by atoms with E-state index in [1.165, 1.54) is 0 Å². The molecule has 112 valence electrons. The standard InChI is InChI=1S/C16H16N4O2/c1-21-12-4-2-10(3-5-12)8-11-9-14(22-20-11)13-6-7-15(17)19-16(13)18/h2-7,9H,8H2,1H3,(H4,17,18,19). The Morgan fingerprint density at radius 1 is 1.09 bits per heavy atom. The molecule has 0 aliphatic carbocycles. The number of aromatic nitrogens is 2. The molecule has 3 aromatic rings. The molecular formula is C16H16N4O2. The maximum atomic E-state index is 5.85. The van der Waals surface area contributed by atoms with E-state index in [2.05, 4.69) is 10.1 Å². The van der Waals surface area contributed by atoms with Crippen LogP contribution in [0.1, 0.15) is 11.3 Å². The Kier molecular flexibility index (Phi) is 3.65. The number of nitrogens with zero attached hydrogens (tertiary/aromatic N) is 2. The molecule has 2 aromatic heterocycles. The molecule has 0 aliphatic heterocycles. The van der Waals surface area contributed by atoms with Gasteiger partial charge in [-0.1, -0.05) is 17.3 Å². The zero-order valence-corrected chi connectivity index (χ0v) is 12.1. The zero-order valence-electron chi connectivity index (χ0n) is 12.1. The van der Waals surface area contributed by atoms with Crippen molar-refractivity contribution in [2.75, 3.05) is 18.6 Å². The van der Waals surface area contributed by atoms with E-state index in [0.29, 0.717) is 29.4 Å². The highest BCUT2D eigenvalue weighted by Gasteiger charge is 2.11. The highest BCUT2D eigenvalue weighted by molar-refractivity contribution is 5.71. The molecule has 0 spiro atoms. The summed E-state index contributed by atoms with van der Waals surface area (Å²) in [7, 11) is 1.64. The summed E-state index contributed by atoms with van der Waals surface area (Å²) in [5, 5.41) is 4.07. The lowest BCUT2D eigenvalue weighted by Gasteiger charge is -2.01. The van der Waals surface area contributed by atoms with Gasteiger partial charge in [0.2, 0.25) is 0 Å². The van der Waals surface area contributed by atoms with Crippen molar-refractivity contribution in [1.82, 2.24) is 10.1 Å². The molecule has 1 aromatic carbocycles. The van der Waals surface area contributed by atoms with Crippen LogP contribution in [0.3, 0.4) is 0 Å².